The number of amidine groups is 1. The lowest BCUT2D eigenvalue weighted by molar-refractivity contribution is -0.189. The maximum atomic E-state index is 12.7. The predicted octanol–water partition coefficient (Wildman–Crippen LogP) is 2.66. The second-order valence-corrected chi connectivity index (χ2v) is 4.31. The van der Waals surface area contributed by atoms with Crippen LogP contribution in [0, 0.1) is 0 Å². The van der Waals surface area contributed by atoms with Gasteiger partial charge >= 0.3 is 6.18 Å². The molecule has 1 aromatic heterocycles. The van der Waals surface area contributed by atoms with E-state index in [2.05, 4.69) is 10.1 Å². The van der Waals surface area contributed by atoms with Crippen molar-refractivity contribution in [3.05, 3.63) is 36.0 Å². The summed E-state index contributed by atoms with van der Waals surface area (Å²) in [6.45, 7) is 0.880. The van der Waals surface area contributed by atoms with E-state index in [9.17, 15) is 13.2 Å². The van der Waals surface area contributed by atoms with Gasteiger partial charge in [-0.05, 0) is 19.1 Å². The summed E-state index contributed by atoms with van der Waals surface area (Å²) in [6, 6.07) is 6.49. The lowest BCUT2D eigenvalue weighted by atomic mass is 10.1. The Morgan fingerprint density at radius 3 is 2.67 bits per heavy atom. The highest BCUT2D eigenvalue weighted by Crippen LogP contribution is 2.32. The number of ether oxygens (including phenoxy) is 1. The third-order valence-corrected chi connectivity index (χ3v) is 2.87. The number of fused-ring (bicyclic) bond motifs is 1. The van der Waals surface area contributed by atoms with Crippen molar-refractivity contribution in [1.82, 2.24) is 4.98 Å². The first-order valence-corrected chi connectivity index (χ1v) is 5.93. The molecule has 5 nitrogen and oxygen atoms in total. The monoisotopic (exact) mass is 299 g/mol. The van der Waals surface area contributed by atoms with Crippen LogP contribution in [0.25, 0.3) is 10.9 Å². The van der Waals surface area contributed by atoms with Crippen molar-refractivity contribution in [2.75, 3.05) is 0 Å². The fourth-order valence-electron chi connectivity index (χ4n) is 1.72. The maximum absolute atomic E-state index is 12.7. The minimum atomic E-state index is -4.53. The van der Waals surface area contributed by atoms with Crippen molar-refractivity contribution in [2.24, 2.45) is 10.9 Å². The lowest BCUT2D eigenvalue weighted by Gasteiger charge is -2.20. The summed E-state index contributed by atoms with van der Waals surface area (Å²) in [4.78, 5) is 4.05. The van der Waals surface area contributed by atoms with Gasteiger partial charge in [0.05, 0.1) is 11.1 Å². The van der Waals surface area contributed by atoms with Gasteiger partial charge in [-0.25, -0.2) is 0 Å². The van der Waals surface area contributed by atoms with Gasteiger partial charge in [-0.15, -0.1) is 0 Å². The van der Waals surface area contributed by atoms with Gasteiger partial charge in [0.2, 0.25) is 0 Å². The van der Waals surface area contributed by atoms with Gasteiger partial charge in [0.1, 0.15) is 5.75 Å². The number of aromatic nitrogens is 1. The highest BCUT2D eigenvalue weighted by molar-refractivity contribution is 6.04. The highest BCUT2D eigenvalue weighted by atomic mass is 19.4. The van der Waals surface area contributed by atoms with Crippen molar-refractivity contribution in [1.29, 1.82) is 0 Å². The van der Waals surface area contributed by atoms with E-state index in [0.29, 0.717) is 10.9 Å². The van der Waals surface area contributed by atoms with Crippen molar-refractivity contribution < 1.29 is 23.1 Å². The lowest BCUT2D eigenvalue weighted by Crippen LogP contribution is -2.32. The summed E-state index contributed by atoms with van der Waals surface area (Å²) in [5.41, 5.74) is 5.90. The van der Waals surface area contributed by atoms with Crippen molar-refractivity contribution in [2.45, 2.75) is 19.2 Å². The number of hydrogen-bond donors (Lipinski definition) is 2. The molecule has 0 amide bonds. The number of oxime groups is 1. The second-order valence-electron chi connectivity index (χ2n) is 4.31. The Kier molecular flexibility index (Phi) is 3.88. The Morgan fingerprint density at radius 2 is 2.05 bits per heavy atom. The predicted molar refractivity (Wildman–Crippen MR) is 70.4 cm³/mol. The van der Waals surface area contributed by atoms with E-state index < -0.39 is 12.3 Å². The van der Waals surface area contributed by atoms with E-state index in [4.69, 9.17) is 15.7 Å². The molecule has 112 valence electrons. The van der Waals surface area contributed by atoms with Gasteiger partial charge < -0.3 is 15.7 Å². The van der Waals surface area contributed by atoms with E-state index in [0.717, 1.165) is 6.92 Å². The van der Waals surface area contributed by atoms with Crippen LogP contribution in [0.5, 0.6) is 5.75 Å². The molecule has 1 unspecified atom stereocenters. The topological polar surface area (TPSA) is 80.7 Å². The molecule has 1 heterocycles. The zero-order valence-corrected chi connectivity index (χ0v) is 10.9. The SMILES string of the molecule is CC(Oc1c(C(N)=NO)cnc2ccccc12)C(F)(F)F. The molecule has 2 aromatic rings. The molecule has 0 saturated heterocycles. The summed E-state index contributed by atoms with van der Waals surface area (Å²) in [6.07, 6.45) is -5.38. The Bertz CT molecular complexity index is 686. The molecule has 0 aliphatic heterocycles. The van der Waals surface area contributed by atoms with Crippen LogP contribution in [0.15, 0.2) is 35.6 Å². The van der Waals surface area contributed by atoms with E-state index in [1.165, 1.54) is 6.20 Å². The van der Waals surface area contributed by atoms with Gasteiger partial charge in [0.25, 0.3) is 0 Å². The summed E-state index contributed by atoms with van der Waals surface area (Å²) >= 11 is 0. The molecule has 1 aromatic carbocycles. The summed E-state index contributed by atoms with van der Waals surface area (Å²) in [5.74, 6) is -0.502. The van der Waals surface area contributed by atoms with Gasteiger partial charge in [-0.3, -0.25) is 4.98 Å². The van der Waals surface area contributed by atoms with Crippen LogP contribution in [-0.4, -0.2) is 28.3 Å². The molecular weight excluding hydrogens is 287 g/mol. The number of pyridine rings is 1. The van der Waals surface area contributed by atoms with Crippen LogP contribution in [0.1, 0.15) is 12.5 Å². The van der Waals surface area contributed by atoms with Crippen LogP contribution in [0.3, 0.4) is 0 Å². The zero-order chi connectivity index (χ0) is 15.6. The van der Waals surface area contributed by atoms with E-state index >= 15 is 0 Å². The van der Waals surface area contributed by atoms with Gasteiger partial charge in [0, 0.05) is 11.6 Å². The normalized spacial score (nSPS) is 14.2. The minimum Gasteiger partial charge on any atom is -0.480 e. The number of halogens is 3. The first-order valence-electron chi connectivity index (χ1n) is 5.93. The Labute approximate surface area is 117 Å². The van der Waals surface area contributed by atoms with Crippen LogP contribution < -0.4 is 10.5 Å². The number of para-hydroxylation sites is 1. The maximum Gasteiger partial charge on any atom is 0.425 e. The third kappa shape index (κ3) is 2.99. The number of benzene rings is 1. The zero-order valence-electron chi connectivity index (χ0n) is 10.9. The minimum absolute atomic E-state index is 0.00713. The van der Waals surface area contributed by atoms with Crippen molar-refractivity contribution >= 4 is 16.7 Å². The summed E-state index contributed by atoms with van der Waals surface area (Å²) < 4.78 is 43.1. The Morgan fingerprint density at radius 1 is 1.38 bits per heavy atom. The molecule has 0 saturated carbocycles. The van der Waals surface area contributed by atoms with Crippen LogP contribution in [0.4, 0.5) is 13.2 Å². The van der Waals surface area contributed by atoms with Gasteiger partial charge in [-0.1, -0.05) is 17.3 Å². The van der Waals surface area contributed by atoms with Gasteiger partial charge in [-0.2, -0.15) is 13.2 Å². The smallest absolute Gasteiger partial charge is 0.425 e. The number of alkyl halides is 3. The first kappa shape index (κ1) is 14.9. The molecule has 21 heavy (non-hydrogen) atoms. The number of hydrogen-bond acceptors (Lipinski definition) is 4. The Balaban J connectivity index is 2.61. The molecule has 0 aliphatic carbocycles. The fourth-order valence-corrected chi connectivity index (χ4v) is 1.72. The number of rotatable bonds is 3. The Hall–Kier alpha value is -2.51. The van der Waals surface area contributed by atoms with Crippen molar-refractivity contribution in [3.63, 3.8) is 0 Å². The molecule has 1 atom stereocenters. The standard InChI is InChI=1S/C13H12F3N3O2/c1-7(13(14,15)16)21-11-8-4-2-3-5-10(8)18-6-9(11)12(17)19-20/h2-7,20H,1H3,(H2,17,19). The quantitative estimate of drug-likeness (QED) is 0.395. The fraction of sp³-hybridized carbons (Fsp3) is 0.231. The molecular formula is C13H12F3N3O2. The molecule has 8 heteroatoms. The van der Waals surface area contributed by atoms with Crippen molar-refractivity contribution in [3.8, 4) is 5.75 Å². The van der Waals surface area contributed by atoms with Crippen LogP contribution >= 0.6 is 0 Å². The largest absolute Gasteiger partial charge is 0.480 e. The number of nitrogens with two attached hydrogens (primary N) is 1. The second kappa shape index (κ2) is 5.47. The molecule has 0 spiro atoms. The molecule has 0 radical (unpaired) electrons. The molecule has 3 N–H and O–H groups in total. The summed E-state index contributed by atoms with van der Waals surface area (Å²) in [5, 5.41) is 11.9. The highest BCUT2D eigenvalue weighted by Gasteiger charge is 2.38. The first-order chi connectivity index (χ1) is 9.84. The van der Waals surface area contributed by atoms with E-state index in [1.807, 2.05) is 0 Å². The average molecular weight is 299 g/mol. The van der Waals surface area contributed by atoms with Crippen LogP contribution in [-0.2, 0) is 0 Å². The number of nitrogens with zero attached hydrogens (tertiary/aromatic N) is 2. The molecule has 0 bridgehead atoms. The van der Waals surface area contributed by atoms with Gasteiger partial charge in [0.15, 0.2) is 11.9 Å². The molecule has 0 aliphatic rings. The summed E-state index contributed by atoms with van der Waals surface area (Å²) in [7, 11) is 0. The average Bonchev–Trinajstić information content (AvgIpc) is 2.45. The molecule has 2 rings (SSSR count). The third-order valence-electron chi connectivity index (χ3n) is 2.87. The van der Waals surface area contributed by atoms with Crippen LogP contribution in [0.2, 0.25) is 0 Å². The van der Waals surface area contributed by atoms with E-state index in [-0.39, 0.29) is 17.1 Å². The molecule has 0 fully saturated rings. The van der Waals surface area contributed by atoms with E-state index in [1.54, 1.807) is 24.3 Å².